The molecular formula is C12H10ClNO2. The standard InChI is InChI=1S/C12H10ClNO2/c1-2-16-8-10(7-14)12(15)9-3-5-11(13)6-4-9/h3-6,8H,2H2,1H3/b10-8-. The molecule has 0 aliphatic heterocycles. The molecule has 0 saturated carbocycles. The number of ketones is 1. The smallest absolute Gasteiger partial charge is 0.206 e. The number of ether oxygens (including phenoxy) is 1. The number of hydrogen-bond donors (Lipinski definition) is 0. The highest BCUT2D eigenvalue weighted by atomic mass is 35.5. The Kier molecular flexibility index (Phi) is 4.56. The molecule has 0 aliphatic rings. The first-order valence-corrected chi connectivity index (χ1v) is 5.09. The molecule has 0 radical (unpaired) electrons. The second-order valence-electron chi connectivity index (χ2n) is 2.93. The van der Waals surface area contributed by atoms with Crippen molar-refractivity contribution in [1.82, 2.24) is 0 Å². The zero-order valence-corrected chi connectivity index (χ0v) is 9.49. The van der Waals surface area contributed by atoms with E-state index in [1.54, 1.807) is 37.3 Å². The molecule has 0 aliphatic carbocycles. The van der Waals surface area contributed by atoms with Crippen molar-refractivity contribution in [2.45, 2.75) is 6.92 Å². The first-order chi connectivity index (χ1) is 7.69. The van der Waals surface area contributed by atoms with E-state index >= 15 is 0 Å². The van der Waals surface area contributed by atoms with E-state index in [1.165, 1.54) is 6.26 Å². The Labute approximate surface area is 98.9 Å². The molecule has 0 heterocycles. The Morgan fingerprint density at radius 2 is 2.12 bits per heavy atom. The summed E-state index contributed by atoms with van der Waals surface area (Å²) in [6, 6.07) is 8.15. The fraction of sp³-hybridized carbons (Fsp3) is 0.167. The average molecular weight is 236 g/mol. The van der Waals surface area contributed by atoms with Crippen molar-refractivity contribution in [1.29, 1.82) is 5.26 Å². The largest absolute Gasteiger partial charge is 0.500 e. The van der Waals surface area contributed by atoms with Crippen LogP contribution in [-0.2, 0) is 4.74 Å². The summed E-state index contributed by atoms with van der Waals surface area (Å²) in [5, 5.41) is 9.34. The van der Waals surface area contributed by atoms with Gasteiger partial charge in [-0.25, -0.2) is 0 Å². The maximum atomic E-state index is 11.8. The van der Waals surface area contributed by atoms with Gasteiger partial charge in [0.15, 0.2) is 0 Å². The molecule has 0 aromatic heterocycles. The molecule has 1 rings (SSSR count). The van der Waals surface area contributed by atoms with Crippen LogP contribution in [0.15, 0.2) is 36.1 Å². The van der Waals surface area contributed by atoms with Crippen LogP contribution in [0.25, 0.3) is 0 Å². The van der Waals surface area contributed by atoms with Crippen LogP contribution in [-0.4, -0.2) is 12.4 Å². The van der Waals surface area contributed by atoms with E-state index in [2.05, 4.69) is 0 Å². The molecule has 0 saturated heterocycles. The number of nitrogens with zero attached hydrogens (tertiary/aromatic N) is 1. The van der Waals surface area contributed by atoms with E-state index in [0.717, 1.165) is 0 Å². The highest BCUT2D eigenvalue weighted by Crippen LogP contribution is 2.13. The van der Waals surface area contributed by atoms with Crippen LogP contribution in [0.3, 0.4) is 0 Å². The van der Waals surface area contributed by atoms with Crippen LogP contribution >= 0.6 is 11.6 Å². The van der Waals surface area contributed by atoms with Gasteiger partial charge in [-0.2, -0.15) is 5.26 Å². The topological polar surface area (TPSA) is 50.1 Å². The van der Waals surface area contributed by atoms with E-state index < -0.39 is 0 Å². The van der Waals surface area contributed by atoms with Gasteiger partial charge in [0.05, 0.1) is 6.61 Å². The van der Waals surface area contributed by atoms with Crippen molar-refractivity contribution in [2.24, 2.45) is 0 Å². The Bertz CT molecular complexity index is 443. The fourth-order valence-electron chi connectivity index (χ4n) is 1.05. The Morgan fingerprint density at radius 3 is 2.62 bits per heavy atom. The third kappa shape index (κ3) is 3.11. The predicted octanol–water partition coefficient (Wildman–Crippen LogP) is 2.97. The highest BCUT2D eigenvalue weighted by molar-refractivity contribution is 6.30. The molecule has 1 aromatic carbocycles. The highest BCUT2D eigenvalue weighted by Gasteiger charge is 2.11. The first kappa shape index (κ1) is 12.3. The van der Waals surface area contributed by atoms with Crippen molar-refractivity contribution in [3.8, 4) is 6.07 Å². The Morgan fingerprint density at radius 1 is 1.50 bits per heavy atom. The third-order valence-electron chi connectivity index (χ3n) is 1.84. The number of Topliss-reactive ketones (excluding diaryl/α,β-unsaturated/α-hetero) is 1. The lowest BCUT2D eigenvalue weighted by molar-refractivity contribution is 0.103. The minimum atomic E-state index is -0.368. The Hall–Kier alpha value is -1.79. The second-order valence-corrected chi connectivity index (χ2v) is 3.37. The Balaban J connectivity index is 2.93. The van der Waals surface area contributed by atoms with Gasteiger partial charge >= 0.3 is 0 Å². The molecule has 1 aromatic rings. The van der Waals surface area contributed by atoms with Crippen LogP contribution in [0, 0.1) is 11.3 Å². The third-order valence-corrected chi connectivity index (χ3v) is 2.09. The van der Waals surface area contributed by atoms with Gasteiger partial charge in [-0.15, -0.1) is 0 Å². The van der Waals surface area contributed by atoms with Crippen LogP contribution in [0.1, 0.15) is 17.3 Å². The number of carbonyl (C=O) groups is 1. The number of hydrogen-bond acceptors (Lipinski definition) is 3. The molecule has 82 valence electrons. The van der Waals surface area contributed by atoms with E-state index in [1.807, 2.05) is 0 Å². The number of halogens is 1. The monoisotopic (exact) mass is 235 g/mol. The normalized spacial score (nSPS) is 10.7. The van der Waals surface area contributed by atoms with Crippen LogP contribution < -0.4 is 0 Å². The summed E-state index contributed by atoms with van der Waals surface area (Å²) in [6.45, 7) is 2.19. The predicted molar refractivity (Wildman–Crippen MR) is 61.1 cm³/mol. The van der Waals surface area contributed by atoms with Gasteiger partial charge in [0.1, 0.15) is 17.9 Å². The van der Waals surface area contributed by atoms with Gasteiger partial charge in [-0.1, -0.05) is 11.6 Å². The molecule has 0 spiro atoms. The van der Waals surface area contributed by atoms with Gasteiger partial charge in [0, 0.05) is 10.6 Å². The SMILES string of the molecule is CCO/C=C(/C#N)C(=O)c1ccc(Cl)cc1. The van der Waals surface area contributed by atoms with Crippen molar-refractivity contribution in [2.75, 3.05) is 6.61 Å². The fourth-order valence-corrected chi connectivity index (χ4v) is 1.18. The van der Waals surface area contributed by atoms with E-state index in [9.17, 15) is 4.79 Å². The van der Waals surface area contributed by atoms with E-state index in [0.29, 0.717) is 17.2 Å². The minimum absolute atomic E-state index is 0.0239. The van der Waals surface area contributed by atoms with Crippen molar-refractivity contribution >= 4 is 17.4 Å². The summed E-state index contributed by atoms with van der Waals surface area (Å²) in [5.74, 6) is -0.368. The lowest BCUT2D eigenvalue weighted by Gasteiger charge is -2.00. The summed E-state index contributed by atoms with van der Waals surface area (Å²) >= 11 is 5.70. The number of carbonyl (C=O) groups excluding carboxylic acids is 1. The zero-order chi connectivity index (χ0) is 12.0. The minimum Gasteiger partial charge on any atom is -0.500 e. The first-order valence-electron chi connectivity index (χ1n) is 4.71. The number of allylic oxidation sites excluding steroid dienone is 1. The van der Waals surface area contributed by atoms with Gasteiger partial charge in [-0.3, -0.25) is 4.79 Å². The number of benzene rings is 1. The van der Waals surface area contributed by atoms with Gasteiger partial charge < -0.3 is 4.74 Å². The molecule has 0 bridgehead atoms. The number of nitriles is 1. The molecule has 0 atom stereocenters. The summed E-state index contributed by atoms with van der Waals surface area (Å²) in [6.07, 6.45) is 1.18. The summed E-state index contributed by atoms with van der Waals surface area (Å²) in [4.78, 5) is 11.8. The molecule has 0 unspecified atom stereocenters. The van der Waals surface area contributed by atoms with Crippen LogP contribution in [0.2, 0.25) is 5.02 Å². The molecule has 3 nitrogen and oxygen atoms in total. The summed E-state index contributed by atoms with van der Waals surface area (Å²) in [5.41, 5.74) is 0.390. The van der Waals surface area contributed by atoms with Gasteiger partial charge in [0.25, 0.3) is 0 Å². The molecule has 0 amide bonds. The van der Waals surface area contributed by atoms with Crippen molar-refractivity contribution in [3.05, 3.63) is 46.7 Å². The number of rotatable bonds is 4. The average Bonchev–Trinajstić information content (AvgIpc) is 2.30. The quantitative estimate of drug-likeness (QED) is 0.349. The molecule has 4 heteroatoms. The van der Waals surface area contributed by atoms with Gasteiger partial charge in [-0.05, 0) is 31.2 Å². The second kappa shape index (κ2) is 5.94. The van der Waals surface area contributed by atoms with E-state index in [-0.39, 0.29) is 11.4 Å². The molecule has 0 N–H and O–H groups in total. The molecule has 16 heavy (non-hydrogen) atoms. The lowest BCUT2D eigenvalue weighted by Crippen LogP contribution is -2.02. The van der Waals surface area contributed by atoms with E-state index in [4.69, 9.17) is 21.6 Å². The zero-order valence-electron chi connectivity index (χ0n) is 8.74. The van der Waals surface area contributed by atoms with Gasteiger partial charge in [0.2, 0.25) is 5.78 Å². The lowest BCUT2D eigenvalue weighted by atomic mass is 10.1. The van der Waals surface area contributed by atoms with Crippen LogP contribution in [0.4, 0.5) is 0 Å². The summed E-state index contributed by atoms with van der Waals surface area (Å²) in [7, 11) is 0. The van der Waals surface area contributed by atoms with Crippen molar-refractivity contribution in [3.63, 3.8) is 0 Å². The maximum Gasteiger partial charge on any atom is 0.206 e. The van der Waals surface area contributed by atoms with Crippen molar-refractivity contribution < 1.29 is 9.53 Å². The van der Waals surface area contributed by atoms with Crippen LogP contribution in [0.5, 0.6) is 0 Å². The molecule has 0 fully saturated rings. The summed E-state index contributed by atoms with van der Waals surface area (Å²) < 4.78 is 4.92. The maximum absolute atomic E-state index is 11.8. The molecular weight excluding hydrogens is 226 g/mol.